The van der Waals surface area contributed by atoms with Gasteiger partial charge < -0.3 is 19.6 Å². The molecule has 0 aliphatic carbocycles. The molecule has 4 aromatic carbocycles. The first-order chi connectivity index (χ1) is 24.6. The van der Waals surface area contributed by atoms with E-state index in [4.69, 9.17) is 0 Å². The van der Waals surface area contributed by atoms with Crippen molar-refractivity contribution in [3.8, 4) is 0 Å². The van der Waals surface area contributed by atoms with E-state index in [0.717, 1.165) is 13.1 Å². The van der Waals surface area contributed by atoms with E-state index in [9.17, 15) is 0 Å². The number of para-hydroxylation sites is 2. The molecule has 0 amide bonds. The fourth-order valence-electron chi connectivity index (χ4n) is 8.33. The number of benzene rings is 4. The molecule has 0 radical (unpaired) electrons. The summed E-state index contributed by atoms with van der Waals surface area (Å²) in [5.74, 6) is 1.92. The second-order valence-corrected chi connectivity index (χ2v) is 16.4. The first kappa shape index (κ1) is 42.3. The van der Waals surface area contributed by atoms with E-state index in [0.29, 0.717) is 23.7 Å². The van der Waals surface area contributed by atoms with Crippen molar-refractivity contribution in [1.82, 2.24) is 0 Å². The molecular formula is C48H64AgN4-. The van der Waals surface area contributed by atoms with Gasteiger partial charge in [0.25, 0.3) is 0 Å². The molecule has 0 N–H and O–H groups in total. The molecule has 6 rings (SSSR count). The number of rotatable bonds is 8. The van der Waals surface area contributed by atoms with Gasteiger partial charge in [-0.25, -0.2) is 0 Å². The summed E-state index contributed by atoms with van der Waals surface area (Å²) >= 11 is 0. The molecule has 0 saturated carbocycles. The SMILES string of the molecule is CC(C)c1cccc(C(C)C)c1N1C=CN(c2c(C(C)C)cccc2C(C)C)[CH-]1.Cc1cc(C)c(N2[CH-]N(c3c(C)cc(C)cc3C)CC2)c(C)c1.[Ag+]. The molecule has 2 aliphatic heterocycles. The first-order valence-corrected chi connectivity index (χ1v) is 19.5. The Balaban J connectivity index is 0.000000238. The molecule has 5 heteroatoms. The Kier molecular flexibility index (Phi) is 14.2. The van der Waals surface area contributed by atoms with Gasteiger partial charge in [0.15, 0.2) is 0 Å². The summed E-state index contributed by atoms with van der Waals surface area (Å²) < 4.78 is 0. The Morgan fingerprint density at radius 1 is 0.434 bits per heavy atom. The number of nitrogens with zero attached hydrogens (tertiary/aromatic N) is 4. The molecule has 288 valence electrons. The zero-order valence-electron chi connectivity index (χ0n) is 34.9. The van der Waals surface area contributed by atoms with Gasteiger partial charge in [0, 0.05) is 35.8 Å². The molecule has 0 bridgehead atoms. The molecule has 0 spiro atoms. The number of anilines is 4. The smallest absolute Gasteiger partial charge is 0.502 e. The molecule has 2 heterocycles. The predicted molar refractivity (Wildman–Crippen MR) is 228 cm³/mol. The summed E-state index contributed by atoms with van der Waals surface area (Å²) in [5, 5.41) is 0. The Morgan fingerprint density at radius 2 is 0.717 bits per heavy atom. The Morgan fingerprint density at radius 3 is 0.981 bits per heavy atom. The predicted octanol–water partition coefficient (Wildman–Crippen LogP) is 13.1. The Hall–Kier alpha value is -3.44. The molecule has 0 atom stereocenters. The van der Waals surface area contributed by atoms with Gasteiger partial charge in [-0.15, -0.1) is 6.67 Å². The minimum absolute atomic E-state index is 0. The topological polar surface area (TPSA) is 13.0 Å². The summed E-state index contributed by atoms with van der Waals surface area (Å²) in [6.45, 7) is 38.1. The van der Waals surface area contributed by atoms with Gasteiger partial charge in [0.2, 0.25) is 0 Å². The standard InChI is InChI=1S/C27H37N2.C21H27N2.Ag/c1-18(2)22-11-9-12-23(19(3)4)26(22)28-15-16-29(17-28)27-24(20(5)6)13-10-14-25(27)21(7)8;1-14-9-16(3)20(17(4)10-14)22-7-8-23(13-22)21-18(5)11-15(2)12-19(21)6;/h9-21H,1-8H3;9-13H,7-8H2,1-6H3;/q2*-1;+1. The van der Waals surface area contributed by atoms with Gasteiger partial charge in [-0.05, 0) is 122 Å². The molecule has 2 aliphatic rings. The van der Waals surface area contributed by atoms with E-state index in [1.165, 1.54) is 78.4 Å². The molecule has 1 saturated heterocycles. The van der Waals surface area contributed by atoms with Gasteiger partial charge in [-0.2, -0.15) is 6.67 Å². The second-order valence-electron chi connectivity index (χ2n) is 16.4. The summed E-state index contributed by atoms with van der Waals surface area (Å²) in [4.78, 5) is 9.46. The van der Waals surface area contributed by atoms with Crippen LogP contribution in [0.4, 0.5) is 22.7 Å². The van der Waals surface area contributed by atoms with Gasteiger partial charge in [-0.3, -0.25) is 0 Å². The van der Waals surface area contributed by atoms with Gasteiger partial charge in [0.05, 0.1) is 0 Å². The Bertz CT molecular complexity index is 1670. The zero-order valence-corrected chi connectivity index (χ0v) is 36.4. The summed E-state index contributed by atoms with van der Waals surface area (Å²) in [6.07, 6.45) is 4.43. The van der Waals surface area contributed by atoms with Crippen molar-refractivity contribution >= 4 is 22.7 Å². The van der Waals surface area contributed by atoms with Crippen LogP contribution in [0, 0.1) is 54.9 Å². The maximum Gasteiger partial charge on any atom is 1.00 e. The van der Waals surface area contributed by atoms with Crippen LogP contribution >= 0.6 is 0 Å². The van der Waals surface area contributed by atoms with Crippen molar-refractivity contribution < 1.29 is 22.4 Å². The van der Waals surface area contributed by atoms with Crippen molar-refractivity contribution in [2.24, 2.45) is 0 Å². The minimum atomic E-state index is 0. The van der Waals surface area contributed by atoms with Crippen LogP contribution in [0.15, 0.2) is 73.1 Å². The van der Waals surface area contributed by atoms with Crippen LogP contribution in [0.25, 0.3) is 0 Å². The van der Waals surface area contributed by atoms with Crippen molar-refractivity contribution in [3.63, 3.8) is 0 Å². The third-order valence-electron chi connectivity index (χ3n) is 10.5. The van der Waals surface area contributed by atoms with Gasteiger partial charge in [0.1, 0.15) is 0 Å². The van der Waals surface area contributed by atoms with Gasteiger partial charge >= 0.3 is 22.4 Å². The number of hydrogen-bond acceptors (Lipinski definition) is 4. The van der Waals surface area contributed by atoms with E-state index < -0.39 is 0 Å². The quantitative estimate of drug-likeness (QED) is 0.130. The van der Waals surface area contributed by atoms with Crippen LogP contribution in [0.2, 0.25) is 0 Å². The maximum absolute atomic E-state index is 2.41. The zero-order chi connectivity index (χ0) is 38.0. The number of aryl methyl sites for hydroxylation is 6. The van der Waals surface area contributed by atoms with Crippen molar-refractivity contribution in [3.05, 3.63) is 142 Å². The van der Waals surface area contributed by atoms with Crippen LogP contribution in [0.1, 0.15) is 135 Å². The summed E-state index contributed by atoms with van der Waals surface area (Å²) in [7, 11) is 0. The average molecular weight is 805 g/mol. The monoisotopic (exact) mass is 803 g/mol. The fourth-order valence-corrected chi connectivity index (χ4v) is 8.33. The second kappa shape index (κ2) is 17.8. The van der Waals surface area contributed by atoms with E-state index in [1.54, 1.807) is 0 Å². The van der Waals surface area contributed by atoms with E-state index in [1.807, 2.05) is 0 Å². The fraction of sp³-hybridized carbons (Fsp3) is 0.417. The number of hydrogen-bond donors (Lipinski definition) is 0. The minimum Gasteiger partial charge on any atom is -0.502 e. The van der Waals surface area contributed by atoms with E-state index in [-0.39, 0.29) is 22.4 Å². The van der Waals surface area contributed by atoms with E-state index in [2.05, 4.69) is 203 Å². The molecule has 53 heavy (non-hydrogen) atoms. The third kappa shape index (κ3) is 9.27. The van der Waals surface area contributed by atoms with Crippen LogP contribution < -0.4 is 19.6 Å². The van der Waals surface area contributed by atoms with Crippen LogP contribution in [-0.2, 0) is 22.4 Å². The van der Waals surface area contributed by atoms with Crippen molar-refractivity contribution in [1.29, 1.82) is 0 Å². The molecule has 0 unspecified atom stereocenters. The average Bonchev–Trinajstić information content (AvgIpc) is 3.74. The summed E-state index contributed by atoms with van der Waals surface area (Å²) in [5.41, 5.74) is 19.1. The molecule has 1 fully saturated rings. The summed E-state index contributed by atoms with van der Waals surface area (Å²) in [6, 6.07) is 22.6. The molecular weight excluding hydrogens is 740 g/mol. The molecule has 4 aromatic rings. The van der Waals surface area contributed by atoms with Crippen LogP contribution in [-0.4, -0.2) is 13.1 Å². The first-order valence-electron chi connectivity index (χ1n) is 19.5. The maximum atomic E-state index is 2.41. The van der Waals surface area contributed by atoms with Crippen LogP contribution in [0.3, 0.4) is 0 Å². The van der Waals surface area contributed by atoms with Crippen molar-refractivity contribution in [2.45, 2.75) is 121 Å². The van der Waals surface area contributed by atoms with Gasteiger partial charge in [-0.1, -0.05) is 127 Å². The molecule has 0 aromatic heterocycles. The van der Waals surface area contributed by atoms with Crippen molar-refractivity contribution in [2.75, 3.05) is 32.7 Å². The van der Waals surface area contributed by atoms with E-state index >= 15 is 0 Å². The Labute approximate surface area is 338 Å². The normalized spacial score (nSPS) is 14.2. The third-order valence-corrected chi connectivity index (χ3v) is 10.5. The largest absolute Gasteiger partial charge is 1.00 e. The molecule has 4 nitrogen and oxygen atoms in total. The van der Waals surface area contributed by atoms with Crippen LogP contribution in [0.5, 0.6) is 0 Å².